The molecule has 2 heteroatoms. The van der Waals surface area contributed by atoms with E-state index in [1.54, 1.807) is 0 Å². The van der Waals surface area contributed by atoms with E-state index in [1.807, 2.05) is 0 Å². The van der Waals surface area contributed by atoms with E-state index in [1.165, 1.54) is 50.1 Å². The smallest absolute Gasteiger partial charge is 0.0255 e. The summed E-state index contributed by atoms with van der Waals surface area (Å²) in [7, 11) is 0. The maximum Gasteiger partial charge on any atom is 0.0255 e. The summed E-state index contributed by atoms with van der Waals surface area (Å²) < 4.78 is 0. The van der Waals surface area contributed by atoms with Crippen LogP contribution in [0.15, 0.2) is 60.7 Å². The Morgan fingerprint density at radius 3 is 2.30 bits per heavy atom. The molecule has 1 unspecified atom stereocenters. The fourth-order valence-electron chi connectivity index (χ4n) is 5.32. The van der Waals surface area contributed by atoms with Crippen molar-refractivity contribution >= 4 is 0 Å². The Kier molecular flexibility index (Phi) is 5.66. The first-order valence-electron chi connectivity index (χ1n) is 10.6. The van der Waals surface area contributed by atoms with Crippen LogP contribution in [0.1, 0.15) is 37.8 Å². The molecule has 2 aromatic rings. The molecule has 0 amide bonds. The van der Waals surface area contributed by atoms with Crippen molar-refractivity contribution in [3.8, 4) is 0 Å². The molecule has 2 aliphatic heterocycles. The molecule has 0 N–H and O–H groups in total. The molecule has 0 saturated carbocycles. The lowest BCUT2D eigenvalue weighted by molar-refractivity contribution is 0.154. The number of hydrogen-bond donors (Lipinski definition) is 0. The second-order valence-corrected chi connectivity index (χ2v) is 9.41. The largest absolute Gasteiger partial charge is 0.301 e. The highest BCUT2D eigenvalue weighted by molar-refractivity contribution is 5.16. The standard InChI is InChI=1S/C25H34N2/c1-25(2)17-23-14-16-27(18-22-11-7-4-8-12-22)24(23)19-26(20-25)15-13-21-9-5-3-6-10-21/h3-12,23-24H,13-20H2,1-2H3/t23?,24-/m1/s1. The van der Waals surface area contributed by atoms with Crippen LogP contribution in [0, 0.1) is 11.3 Å². The third kappa shape index (κ3) is 4.80. The van der Waals surface area contributed by atoms with Gasteiger partial charge in [0.05, 0.1) is 0 Å². The molecule has 27 heavy (non-hydrogen) atoms. The summed E-state index contributed by atoms with van der Waals surface area (Å²) in [5.74, 6) is 0.852. The van der Waals surface area contributed by atoms with Gasteiger partial charge in [0.15, 0.2) is 0 Å². The van der Waals surface area contributed by atoms with Crippen molar-refractivity contribution in [3.63, 3.8) is 0 Å². The van der Waals surface area contributed by atoms with Crippen LogP contribution in [0.5, 0.6) is 0 Å². The van der Waals surface area contributed by atoms with Gasteiger partial charge in [0.25, 0.3) is 0 Å². The van der Waals surface area contributed by atoms with Crippen molar-refractivity contribution in [3.05, 3.63) is 71.8 Å². The molecule has 0 aromatic heterocycles. The zero-order chi connectivity index (χ0) is 18.7. The number of rotatable bonds is 5. The minimum absolute atomic E-state index is 0.416. The van der Waals surface area contributed by atoms with E-state index in [4.69, 9.17) is 0 Å². The van der Waals surface area contributed by atoms with Gasteiger partial charge in [-0.25, -0.2) is 0 Å². The number of fused-ring (bicyclic) bond motifs is 1. The molecule has 0 bridgehead atoms. The van der Waals surface area contributed by atoms with Gasteiger partial charge in [0.2, 0.25) is 0 Å². The van der Waals surface area contributed by atoms with Crippen LogP contribution in [0.25, 0.3) is 0 Å². The number of hydrogen-bond acceptors (Lipinski definition) is 2. The van der Waals surface area contributed by atoms with Crippen LogP contribution in [0.3, 0.4) is 0 Å². The van der Waals surface area contributed by atoms with Gasteiger partial charge in [-0.05, 0) is 48.3 Å². The van der Waals surface area contributed by atoms with Crippen molar-refractivity contribution < 1.29 is 0 Å². The van der Waals surface area contributed by atoms with E-state index in [0.717, 1.165) is 18.9 Å². The Morgan fingerprint density at radius 1 is 0.926 bits per heavy atom. The Hall–Kier alpha value is -1.64. The summed E-state index contributed by atoms with van der Waals surface area (Å²) in [5.41, 5.74) is 3.33. The monoisotopic (exact) mass is 362 g/mol. The van der Waals surface area contributed by atoms with Gasteiger partial charge in [0, 0.05) is 32.2 Å². The Balaban J connectivity index is 1.45. The van der Waals surface area contributed by atoms with Crippen molar-refractivity contribution in [2.45, 2.75) is 45.7 Å². The summed E-state index contributed by atoms with van der Waals surface area (Å²) in [4.78, 5) is 5.51. The van der Waals surface area contributed by atoms with Crippen LogP contribution in [0.4, 0.5) is 0 Å². The van der Waals surface area contributed by atoms with E-state index in [0.29, 0.717) is 11.5 Å². The number of benzene rings is 2. The summed E-state index contributed by atoms with van der Waals surface area (Å²) in [6.45, 7) is 11.0. The SMILES string of the molecule is CC1(C)CC2CCN(Cc3ccccc3)[C@@H]2CN(CCc2ccccc2)C1. The Morgan fingerprint density at radius 2 is 1.59 bits per heavy atom. The maximum absolute atomic E-state index is 2.76. The quantitative estimate of drug-likeness (QED) is 0.750. The fourth-order valence-corrected chi connectivity index (χ4v) is 5.32. The van der Waals surface area contributed by atoms with E-state index >= 15 is 0 Å². The third-order valence-corrected chi connectivity index (χ3v) is 6.50. The van der Waals surface area contributed by atoms with Crippen molar-refractivity contribution in [2.24, 2.45) is 11.3 Å². The normalized spacial score (nSPS) is 25.9. The molecule has 2 aliphatic rings. The molecule has 2 fully saturated rings. The van der Waals surface area contributed by atoms with E-state index < -0.39 is 0 Å². The molecule has 2 atom stereocenters. The molecular formula is C25H34N2. The van der Waals surface area contributed by atoms with Crippen LogP contribution < -0.4 is 0 Å². The highest BCUT2D eigenvalue weighted by Crippen LogP contribution is 2.39. The maximum atomic E-state index is 2.76. The van der Waals surface area contributed by atoms with Crippen molar-refractivity contribution in [1.82, 2.24) is 9.80 Å². The lowest BCUT2D eigenvalue weighted by Crippen LogP contribution is -2.42. The van der Waals surface area contributed by atoms with Crippen molar-refractivity contribution in [1.29, 1.82) is 0 Å². The highest BCUT2D eigenvalue weighted by Gasteiger charge is 2.41. The first-order chi connectivity index (χ1) is 13.1. The van der Waals surface area contributed by atoms with E-state index in [9.17, 15) is 0 Å². The molecular weight excluding hydrogens is 328 g/mol. The summed E-state index contributed by atoms with van der Waals surface area (Å²) >= 11 is 0. The zero-order valence-electron chi connectivity index (χ0n) is 17.0. The average Bonchev–Trinajstić information content (AvgIpc) is 2.95. The van der Waals surface area contributed by atoms with Gasteiger partial charge in [-0.3, -0.25) is 4.90 Å². The van der Waals surface area contributed by atoms with Gasteiger partial charge < -0.3 is 4.90 Å². The molecule has 144 valence electrons. The molecule has 4 rings (SSSR count). The third-order valence-electron chi connectivity index (χ3n) is 6.50. The van der Waals surface area contributed by atoms with E-state index in [-0.39, 0.29) is 0 Å². The lowest BCUT2D eigenvalue weighted by atomic mass is 9.81. The first kappa shape index (κ1) is 18.7. The summed E-state index contributed by atoms with van der Waals surface area (Å²) in [6, 6.07) is 22.7. The van der Waals surface area contributed by atoms with Crippen LogP contribution in [-0.4, -0.2) is 42.0 Å². The number of nitrogens with zero attached hydrogens (tertiary/aromatic N) is 2. The second kappa shape index (κ2) is 8.16. The minimum Gasteiger partial charge on any atom is -0.301 e. The summed E-state index contributed by atoms with van der Waals surface area (Å²) in [5, 5.41) is 0. The second-order valence-electron chi connectivity index (χ2n) is 9.41. The topological polar surface area (TPSA) is 6.48 Å². The Labute approximate surface area is 165 Å². The predicted octanol–water partition coefficient (Wildman–Crippen LogP) is 4.85. The van der Waals surface area contributed by atoms with Gasteiger partial charge in [-0.1, -0.05) is 74.5 Å². The molecule has 0 aliphatic carbocycles. The van der Waals surface area contributed by atoms with Crippen LogP contribution >= 0.6 is 0 Å². The zero-order valence-corrected chi connectivity index (χ0v) is 17.0. The van der Waals surface area contributed by atoms with Crippen molar-refractivity contribution in [2.75, 3.05) is 26.2 Å². The molecule has 2 heterocycles. The average molecular weight is 363 g/mol. The molecule has 2 saturated heterocycles. The van der Waals surface area contributed by atoms with Gasteiger partial charge in [-0.15, -0.1) is 0 Å². The summed E-state index contributed by atoms with van der Waals surface area (Å²) in [6.07, 6.45) is 3.89. The highest BCUT2D eigenvalue weighted by atomic mass is 15.2. The van der Waals surface area contributed by atoms with E-state index in [2.05, 4.69) is 84.3 Å². The van der Waals surface area contributed by atoms with Crippen LogP contribution in [-0.2, 0) is 13.0 Å². The lowest BCUT2D eigenvalue weighted by Gasteiger charge is -2.32. The molecule has 2 nitrogen and oxygen atoms in total. The number of likely N-dealkylation sites (tertiary alicyclic amines) is 2. The van der Waals surface area contributed by atoms with Crippen LogP contribution in [0.2, 0.25) is 0 Å². The van der Waals surface area contributed by atoms with Gasteiger partial charge >= 0.3 is 0 Å². The first-order valence-corrected chi connectivity index (χ1v) is 10.6. The molecule has 2 aromatic carbocycles. The predicted molar refractivity (Wildman–Crippen MR) is 114 cm³/mol. The minimum atomic E-state index is 0.416. The molecule has 0 spiro atoms. The van der Waals surface area contributed by atoms with Gasteiger partial charge in [-0.2, -0.15) is 0 Å². The fraction of sp³-hybridized carbons (Fsp3) is 0.520. The van der Waals surface area contributed by atoms with Gasteiger partial charge in [0.1, 0.15) is 0 Å². The molecule has 0 radical (unpaired) electrons. The Bertz CT molecular complexity index is 710.